The van der Waals surface area contributed by atoms with Crippen LogP contribution in [0.3, 0.4) is 0 Å². The maximum Gasteiger partial charge on any atom is 0.128 e. The summed E-state index contributed by atoms with van der Waals surface area (Å²) in [7, 11) is -0.973. The summed E-state index contributed by atoms with van der Waals surface area (Å²) in [5, 5.41) is 4.10. The van der Waals surface area contributed by atoms with Gasteiger partial charge in [0.25, 0.3) is 0 Å². The fourth-order valence-corrected chi connectivity index (χ4v) is 3.29. The number of rotatable bonds is 2. The Morgan fingerprint density at radius 1 is 1.57 bits per heavy atom. The van der Waals surface area contributed by atoms with Gasteiger partial charge in [0.05, 0.1) is 16.0 Å². The Labute approximate surface area is 93.9 Å². The van der Waals surface area contributed by atoms with Crippen LogP contribution < -0.4 is 5.32 Å². The largest absolute Gasteiger partial charge is 0.315 e. The Hall–Kier alpha value is -0.260. The molecule has 3 nitrogen and oxygen atoms in total. The topological polar surface area (TPSA) is 42.0 Å². The number of pyridine rings is 1. The van der Waals surface area contributed by atoms with E-state index in [9.17, 15) is 4.21 Å². The second-order valence-electron chi connectivity index (χ2n) is 3.21. The molecule has 1 saturated heterocycles. The van der Waals surface area contributed by atoms with E-state index in [0.717, 1.165) is 24.1 Å². The predicted molar refractivity (Wildman–Crippen MR) is 59.6 cm³/mol. The van der Waals surface area contributed by atoms with Crippen LogP contribution in [0.4, 0.5) is 0 Å². The normalized spacial score (nSPS) is 23.6. The molecule has 0 aliphatic carbocycles. The first-order chi connectivity index (χ1) is 6.77. The van der Waals surface area contributed by atoms with Crippen molar-refractivity contribution in [1.82, 2.24) is 10.3 Å². The van der Waals surface area contributed by atoms with Crippen molar-refractivity contribution in [3.63, 3.8) is 0 Å². The summed E-state index contributed by atoms with van der Waals surface area (Å²) in [4.78, 5) is 4.21. The fraction of sp³-hybridized carbons (Fsp3) is 0.444. The van der Waals surface area contributed by atoms with Crippen LogP contribution in [0, 0.1) is 0 Å². The molecule has 0 radical (unpaired) electrons. The summed E-state index contributed by atoms with van der Waals surface area (Å²) >= 11 is 3.28. The third-order valence-corrected chi connectivity index (χ3v) is 4.30. The average molecular weight is 275 g/mol. The average Bonchev–Trinajstić information content (AvgIpc) is 2.69. The highest BCUT2D eigenvalue weighted by molar-refractivity contribution is 9.10. The van der Waals surface area contributed by atoms with E-state index in [0.29, 0.717) is 5.03 Å². The number of halogens is 1. The van der Waals surface area contributed by atoms with Gasteiger partial charge in [-0.3, -0.25) is 4.21 Å². The minimum absolute atomic E-state index is 0.219. The van der Waals surface area contributed by atoms with Crippen LogP contribution in [-0.4, -0.2) is 27.5 Å². The quantitative estimate of drug-likeness (QED) is 0.828. The highest BCUT2D eigenvalue weighted by atomic mass is 79.9. The molecule has 2 atom stereocenters. The van der Waals surface area contributed by atoms with Crippen molar-refractivity contribution in [1.29, 1.82) is 0 Å². The molecule has 1 aliphatic heterocycles. The Morgan fingerprint density at radius 3 is 3.07 bits per heavy atom. The first-order valence-corrected chi connectivity index (χ1v) is 6.52. The van der Waals surface area contributed by atoms with Gasteiger partial charge in [0, 0.05) is 6.54 Å². The third-order valence-electron chi connectivity index (χ3n) is 2.21. The minimum atomic E-state index is -0.973. The molecular weight excluding hydrogens is 264 g/mol. The molecule has 1 fully saturated rings. The van der Waals surface area contributed by atoms with Gasteiger partial charge in [-0.05, 0) is 41.0 Å². The lowest BCUT2D eigenvalue weighted by Gasteiger charge is -2.07. The molecule has 0 spiro atoms. The maximum atomic E-state index is 12.0. The maximum absolute atomic E-state index is 12.0. The van der Waals surface area contributed by atoms with E-state index < -0.39 is 10.8 Å². The summed E-state index contributed by atoms with van der Waals surface area (Å²) in [6.45, 7) is 1.80. The summed E-state index contributed by atoms with van der Waals surface area (Å²) < 4.78 is 12.7. The molecule has 1 aliphatic rings. The molecule has 0 saturated carbocycles. The van der Waals surface area contributed by atoms with Crippen molar-refractivity contribution < 1.29 is 4.21 Å². The number of nitrogens with one attached hydrogen (secondary N) is 1. The van der Waals surface area contributed by atoms with E-state index in [1.165, 1.54) is 0 Å². The molecule has 5 heteroatoms. The van der Waals surface area contributed by atoms with Gasteiger partial charge in [0.2, 0.25) is 0 Å². The van der Waals surface area contributed by atoms with Gasteiger partial charge in [0.15, 0.2) is 0 Å². The summed E-state index contributed by atoms with van der Waals surface area (Å²) in [5.74, 6) is 0. The minimum Gasteiger partial charge on any atom is -0.315 e. The van der Waals surface area contributed by atoms with Crippen LogP contribution in [-0.2, 0) is 10.8 Å². The Morgan fingerprint density at radius 2 is 2.43 bits per heavy atom. The van der Waals surface area contributed by atoms with Gasteiger partial charge in [-0.1, -0.05) is 6.07 Å². The van der Waals surface area contributed by atoms with Crippen molar-refractivity contribution in [2.45, 2.75) is 16.7 Å². The SMILES string of the molecule is O=[S@](c1cccc(Br)n1)[C@H]1CCNC1. The molecule has 76 valence electrons. The molecular formula is C9H11BrN2OS. The summed E-state index contributed by atoms with van der Waals surface area (Å²) in [5.41, 5.74) is 0. The lowest BCUT2D eigenvalue weighted by atomic mass is 10.4. The molecule has 0 amide bonds. The molecule has 2 rings (SSSR count). The molecule has 0 unspecified atom stereocenters. The van der Waals surface area contributed by atoms with E-state index in [4.69, 9.17) is 0 Å². The Kier molecular flexibility index (Phi) is 3.30. The van der Waals surface area contributed by atoms with E-state index in [-0.39, 0.29) is 5.25 Å². The van der Waals surface area contributed by atoms with Crippen LogP contribution >= 0.6 is 15.9 Å². The fourth-order valence-electron chi connectivity index (χ4n) is 1.48. The zero-order valence-corrected chi connectivity index (χ0v) is 9.97. The third kappa shape index (κ3) is 2.21. The number of nitrogens with zero attached hydrogens (tertiary/aromatic N) is 1. The molecule has 1 aromatic heterocycles. The molecule has 1 aromatic rings. The number of hydrogen-bond acceptors (Lipinski definition) is 3. The second kappa shape index (κ2) is 4.51. The van der Waals surface area contributed by atoms with Crippen molar-refractivity contribution in [3.8, 4) is 0 Å². The van der Waals surface area contributed by atoms with Crippen LogP contribution in [0.1, 0.15) is 6.42 Å². The predicted octanol–water partition coefficient (Wildman–Crippen LogP) is 1.31. The molecule has 0 bridgehead atoms. The monoisotopic (exact) mass is 274 g/mol. The zero-order valence-electron chi connectivity index (χ0n) is 7.57. The number of aromatic nitrogens is 1. The van der Waals surface area contributed by atoms with Crippen LogP contribution in [0.2, 0.25) is 0 Å². The van der Waals surface area contributed by atoms with Gasteiger partial charge in [0.1, 0.15) is 9.63 Å². The van der Waals surface area contributed by atoms with E-state index in [1.54, 1.807) is 0 Å². The molecule has 1 N–H and O–H groups in total. The van der Waals surface area contributed by atoms with Gasteiger partial charge in [-0.2, -0.15) is 0 Å². The van der Waals surface area contributed by atoms with Crippen molar-refractivity contribution in [2.75, 3.05) is 13.1 Å². The van der Waals surface area contributed by atoms with Gasteiger partial charge in [-0.25, -0.2) is 4.98 Å². The van der Waals surface area contributed by atoms with E-state index in [2.05, 4.69) is 26.2 Å². The van der Waals surface area contributed by atoms with Crippen LogP contribution in [0.15, 0.2) is 27.8 Å². The van der Waals surface area contributed by atoms with Gasteiger partial charge >= 0.3 is 0 Å². The second-order valence-corrected chi connectivity index (χ2v) is 5.70. The lowest BCUT2D eigenvalue weighted by Crippen LogP contribution is -2.19. The summed E-state index contributed by atoms with van der Waals surface area (Å²) in [6.07, 6.45) is 0.973. The molecule has 0 aromatic carbocycles. The van der Waals surface area contributed by atoms with E-state index in [1.807, 2.05) is 18.2 Å². The number of hydrogen-bond donors (Lipinski definition) is 1. The van der Waals surface area contributed by atoms with E-state index >= 15 is 0 Å². The first kappa shape index (κ1) is 10.3. The Bertz CT molecular complexity index is 352. The zero-order chi connectivity index (χ0) is 9.97. The highest BCUT2D eigenvalue weighted by Gasteiger charge is 2.23. The van der Waals surface area contributed by atoms with Crippen LogP contribution in [0.5, 0.6) is 0 Å². The molecule has 2 heterocycles. The van der Waals surface area contributed by atoms with Crippen molar-refractivity contribution in [2.24, 2.45) is 0 Å². The smallest absolute Gasteiger partial charge is 0.128 e. The molecule has 14 heavy (non-hydrogen) atoms. The first-order valence-electron chi connectivity index (χ1n) is 4.51. The van der Waals surface area contributed by atoms with Gasteiger partial charge < -0.3 is 5.32 Å². The standard InChI is InChI=1S/C9H11BrN2OS/c10-8-2-1-3-9(12-8)14(13)7-4-5-11-6-7/h1-3,7,11H,4-6H2/t7-,14-/m0/s1. The lowest BCUT2D eigenvalue weighted by molar-refractivity contribution is 0.669. The van der Waals surface area contributed by atoms with Crippen LogP contribution in [0.25, 0.3) is 0 Å². The Balaban J connectivity index is 2.17. The van der Waals surface area contributed by atoms with Crippen molar-refractivity contribution in [3.05, 3.63) is 22.8 Å². The van der Waals surface area contributed by atoms with Crippen molar-refractivity contribution >= 4 is 26.7 Å². The highest BCUT2D eigenvalue weighted by Crippen LogP contribution is 2.16. The summed E-state index contributed by atoms with van der Waals surface area (Å²) in [6, 6.07) is 5.53. The van der Waals surface area contributed by atoms with Gasteiger partial charge in [-0.15, -0.1) is 0 Å².